The number of hydrogen-bond acceptors (Lipinski definition) is 2. The minimum absolute atomic E-state index is 0.680. The summed E-state index contributed by atoms with van der Waals surface area (Å²) in [4.78, 5) is 2.46. The highest BCUT2D eigenvalue weighted by Gasteiger charge is 2.25. The van der Waals surface area contributed by atoms with Crippen molar-refractivity contribution in [3.8, 4) is 0 Å². The predicted molar refractivity (Wildman–Crippen MR) is 80.8 cm³/mol. The van der Waals surface area contributed by atoms with Gasteiger partial charge in [-0.15, -0.1) is 0 Å². The van der Waals surface area contributed by atoms with Crippen LogP contribution in [-0.2, 0) is 12.8 Å². The van der Waals surface area contributed by atoms with Gasteiger partial charge in [0.1, 0.15) is 0 Å². The van der Waals surface area contributed by atoms with Gasteiger partial charge in [-0.25, -0.2) is 0 Å². The number of nitrogens with zero attached hydrogens (tertiary/aromatic N) is 1. The first kappa shape index (κ1) is 13.1. The molecule has 2 aliphatic rings. The van der Waals surface area contributed by atoms with E-state index in [0.29, 0.717) is 6.04 Å². The molecule has 0 spiro atoms. The van der Waals surface area contributed by atoms with Crippen molar-refractivity contribution in [1.82, 2.24) is 10.2 Å². The average molecular weight is 258 g/mol. The molecule has 0 bridgehead atoms. The van der Waals surface area contributed by atoms with Gasteiger partial charge in [0.25, 0.3) is 0 Å². The molecule has 2 nitrogen and oxygen atoms in total. The van der Waals surface area contributed by atoms with Gasteiger partial charge in [0.2, 0.25) is 0 Å². The Morgan fingerprint density at radius 1 is 1.16 bits per heavy atom. The molecule has 1 unspecified atom stereocenters. The quantitative estimate of drug-likeness (QED) is 0.877. The van der Waals surface area contributed by atoms with Crippen molar-refractivity contribution in [3.63, 3.8) is 0 Å². The van der Waals surface area contributed by atoms with Crippen LogP contribution in [-0.4, -0.2) is 38.1 Å². The maximum absolute atomic E-state index is 3.47. The Labute approximate surface area is 117 Å². The summed E-state index contributed by atoms with van der Waals surface area (Å²) >= 11 is 0. The van der Waals surface area contributed by atoms with Crippen molar-refractivity contribution in [2.45, 2.75) is 44.1 Å². The van der Waals surface area contributed by atoms with E-state index in [1.54, 1.807) is 16.7 Å². The molecule has 3 rings (SSSR count). The highest BCUT2D eigenvalue weighted by molar-refractivity contribution is 5.40. The summed E-state index contributed by atoms with van der Waals surface area (Å²) in [6.45, 7) is 2.51. The van der Waals surface area contributed by atoms with Gasteiger partial charge in [-0.05, 0) is 81.9 Å². The fraction of sp³-hybridized carbons (Fsp3) is 0.647. The van der Waals surface area contributed by atoms with Crippen LogP contribution in [0.1, 0.15) is 41.9 Å². The third-order valence-electron chi connectivity index (χ3n) is 5.09. The largest absolute Gasteiger partial charge is 0.317 e. The predicted octanol–water partition coefficient (Wildman–Crippen LogP) is 2.57. The fourth-order valence-corrected chi connectivity index (χ4v) is 3.76. The van der Waals surface area contributed by atoms with Gasteiger partial charge in [0.05, 0.1) is 0 Å². The first-order valence-corrected chi connectivity index (χ1v) is 7.74. The minimum Gasteiger partial charge on any atom is -0.317 e. The molecule has 1 aromatic carbocycles. The van der Waals surface area contributed by atoms with E-state index in [9.17, 15) is 0 Å². The van der Waals surface area contributed by atoms with Crippen LogP contribution in [0.25, 0.3) is 0 Å². The van der Waals surface area contributed by atoms with Gasteiger partial charge >= 0.3 is 0 Å². The summed E-state index contributed by atoms with van der Waals surface area (Å²) in [5.74, 6) is 0.793. The van der Waals surface area contributed by atoms with Gasteiger partial charge in [-0.1, -0.05) is 18.2 Å². The van der Waals surface area contributed by atoms with Crippen molar-refractivity contribution >= 4 is 0 Å². The standard InChI is InChI=1S/C17H26N2/c1-18-15-7-6-13-4-3-5-16(17(13)12-15)14-8-10-19(2)11-9-14/h3-5,14-15,18H,6-12H2,1-2H3. The molecule has 0 radical (unpaired) electrons. The zero-order valence-corrected chi connectivity index (χ0v) is 12.3. The lowest BCUT2D eigenvalue weighted by Gasteiger charge is -2.33. The number of fused-ring (bicyclic) bond motifs is 1. The van der Waals surface area contributed by atoms with Crippen LogP contribution >= 0.6 is 0 Å². The van der Waals surface area contributed by atoms with Crippen molar-refractivity contribution in [2.24, 2.45) is 0 Å². The number of benzene rings is 1. The summed E-state index contributed by atoms with van der Waals surface area (Å²) in [5.41, 5.74) is 4.94. The normalized spacial score (nSPS) is 25.3. The minimum atomic E-state index is 0.680. The van der Waals surface area contributed by atoms with Crippen LogP contribution in [0.15, 0.2) is 18.2 Å². The van der Waals surface area contributed by atoms with Crippen molar-refractivity contribution in [3.05, 3.63) is 34.9 Å². The number of hydrogen-bond donors (Lipinski definition) is 1. The molecular formula is C17H26N2. The van der Waals surface area contributed by atoms with E-state index in [0.717, 1.165) is 5.92 Å². The number of likely N-dealkylation sites (N-methyl/N-ethyl adjacent to an activating group) is 1. The Hall–Kier alpha value is -0.860. The molecule has 1 aliphatic heterocycles. The Morgan fingerprint density at radius 2 is 1.95 bits per heavy atom. The zero-order valence-electron chi connectivity index (χ0n) is 12.3. The third kappa shape index (κ3) is 2.70. The van der Waals surface area contributed by atoms with Gasteiger partial charge < -0.3 is 10.2 Å². The molecule has 1 N–H and O–H groups in total. The molecule has 0 saturated carbocycles. The van der Waals surface area contributed by atoms with Gasteiger partial charge in [-0.2, -0.15) is 0 Å². The Morgan fingerprint density at radius 3 is 2.68 bits per heavy atom. The molecule has 0 aromatic heterocycles. The van der Waals surface area contributed by atoms with Crippen LogP contribution in [0.5, 0.6) is 0 Å². The third-order valence-corrected chi connectivity index (χ3v) is 5.09. The number of nitrogens with one attached hydrogen (secondary N) is 1. The second-order valence-corrected chi connectivity index (χ2v) is 6.29. The van der Waals surface area contributed by atoms with Crippen LogP contribution in [0.4, 0.5) is 0 Å². The average Bonchev–Trinajstić information content (AvgIpc) is 2.47. The zero-order chi connectivity index (χ0) is 13.2. The monoisotopic (exact) mass is 258 g/mol. The first-order chi connectivity index (χ1) is 9.28. The van der Waals surface area contributed by atoms with E-state index in [4.69, 9.17) is 0 Å². The Bertz CT molecular complexity index is 433. The summed E-state index contributed by atoms with van der Waals surface area (Å²) in [5, 5.41) is 3.47. The lowest BCUT2D eigenvalue weighted by Crippen LogP contribution is -2.33. The smallest absolute Gasteiger partial charge is 0.0108 e. The Kier molecular flexibility index (Phi) is 3.90. The lowest BCUT2D eigenvalue weighted by atomic mass is 9.79. The van der Waals surface area contributed by atoms with E-state index in [-0.39, 0.29) is 0 Å². The Balaban J connectivity index is 1.86. The van der Waals surface area contributed by atoms with Gasteiger partial charge in [0, 0.05) is 6.04 Å². The maximum Gasteiger partial charge on any atom is 0.0108 e. The number of piperidine rings is 1. The molecule has 1 aromatic rings. The molecule has 104 valence electrons. The molecule has 1 aliphatic carbocycles. The molecule has 1 saturated heterocycles. The maximum atomic E-state index is 3.47. The van der Waals surface area contributed by atoms with Crippen molar-refractivity contribution in [1.29, 1.82) is 0 Å². The van der Waals surface area contributed by atoms with Crippen molar-refractivity contribution < 1.29 is 0 Å². The van der Waals surface area contributed by atoms with E-state index >= 15 is 0 Å². The van der Waals surface area contributed by atoms with E-state index in [1.807, 2.05) is 0 Å². The topological polar surface area (TPSA) is 15.3 Å². The molecule has 2 heteroatoms. The van der Waals surface area contributed by atoms with E-state index in [2.05, 4.69) is 42.5 Å². The summed E-state index contributed by atoms with van der Waals surface area (Å²) < 4.78 is 0. The second-order valence-electron chi connectivity index (χ2n) is 6.29. The highest BCUT2D eigenvalue weighted by Crippen LogP contribution is 2.34. The van der Waals surface area contributed by atoms with Crippen LogP contribution in [0.2, 0.25) is 0 Å². The van der Waals surface area contributed by atoms with Crippen LogP contribution in [0, 0.1) is 0 Å². The lowest BCUT2D eigenvalue weighted by molar-refractivity contribution is 0.254. The molecule has 19 heavy (non-hydrogen) atoms. The van der Waals surface area contributed by atoms with E-state index in [1.165, 1.54) is 45.2 Å². The molecule has 0 amide bonds. The fourth-order valence-electron chi connectivity index (χ4n) is 3.76. The molecule has 1 atom stereocenters. The number of likely N-dealkylation sites (tertiary alicyclic amines) is 1. The van der Waals surface area contributed by atoms with Crippen LogP contribution in [0.3, 0.4) is 0 Å². The molecule has 1 fully saturated rings. The second kappa shape index (κ2) is 5.64. The number of aryl methyl sites for hydroxylation is 1. The molecule has 1 heterocycles. The summed E-state index contributed by atoms with van der Waals surface area (Å²) in [7, 11) is 4.35. The van der Waals surface area contributed by atoms with Crippen LogP contribution < -0.4 is 5.32 Å². The molecular weight excluding hydrogens is 232 g/mol. The van der Waals surface area contributed by atoms with Gasteiger partial charge in [-0.3, -0.25) is 0 Å². The first-order valence-electron chi connectivity index (χ1n) is 7.74. The number of rotatable bonds is 2. The summed E-state index contributed by atoms with van der Waals surface area (Å²) in [6, 6.07) is 7.71. The van der Waals surface area contributed by atoms with E-state index < -0.39 is 0 Å². The van der Waals surface area contributed by atoms with Crippen molar-refractivity contribution in [2.75, 3.05) is 27.2 Å². The highest BCUT2D eigenvalue weighted by atomic mass is 15.1. The van der Waals surface area contributed by atoms with Gasteiger partial charge in [0.15, 0.2) is 0 Å². The SMILES string of the molecule is CNC1CCc2cccc(C3CCN(C)CC3)c2C1. The summed E-state index contributed by atoms with van der Waals surface area (Å²) in [6.07, 6.45) is 6.43.